The van der Waals surface area contributed by atoms with E-state index < -0.39 is 0 Å². The summed E-state index contributed by atoms with van der Waals surface area (Å²) in [5.41, 5.74) is 7.25. The van der Waals surface area contributed by atoms with Crippen LogP contribution in [0, 0.1) is 27.7 Å². The van der Waals surface area contributed by atoms with Gasteiger partial charge in [0.1, 0.15) is 0 Å². The van der Waals surface area contributed by atoms with Crippen molar-refractivity contribution in [2.75, 3.05) is 0 Å². The van der Waals surface area contributed by atoms with Crippen LogP contribution in [0.2, 0.25) is 0 Å². The Morgan fingerprint density at radius 1 is 0.800 bits per heavy atom. The molecular weight excluding hydrogens is 399 g/mol. The standard InChI is InChI=1S/C17H17Br2Cl/c1-9-5-11(3)16(12(4)6-9)17(20)13-8-14(18)10(2)7-15(13)19/h5-8,17H,1-4H3. The highest BCUT2D eigenvalue weighted by molar-refractivity contribution is 9.11. The Morgan fingerprint density at radius 2 is 1.35 bits per heavy atom. The molecule has 0 aliphatic carbocycles. The minimum atomic E-state index is -0.151. The van der Waals surface area contributed by atoms with E-state index in [1.165, 1.54) is 27.8 Å². The monoisotopic (exact) mass is 414 g/mol. The van der Waals surface area contributed by atoms with Gasteiger partial charge in [-0.05, 0) is 67.6 Å². The topological polar surface area (TPSA) is 0 Å². The Bertz CT molecular complexity index is 639. The van der Waals surface area contributed by atoms with Gasteiger partial charge in [0.2, 0.25) is 0 Å². The van der Waals surface area contributed by atoms with Gasteiger partial charge in [0.15, 0.2) is 0 Å². The van der Waals surface area contributed by atoms with E-state index >= 15 is 0 Å². The second-order valence-corrected chi connectivity index (χ2v) is 7.44. The lowest BCUT2D eigenvalue weighted by atomic mass is 9.93. The van der Waals surface area contributed by atoms with Gasteiger partial charge < -0.3 is 0 Å². The minimum Gasteiger partial charge on any atom is -0.113 e. The zero-order valence-electron chi connectivity index (χ0n) is 12.0. The van der Waals surface area contributed by atoms with Crippen LogP contribution >= 0.6 is 43.5 Å². The largest absolute Gasteiger partial charge is 0.113 e. The maximum Gasteiger partial charge on any atom is 0.0851 e. The molecule has 0 aliphatic rings. The molecule has 20 heavy (non-hydrogen) atoms. The van der Waals surface area contributed by atoms with Crippen molar-refractivity contribution in [1.82, 2.24) is 0 Å². The molecule has 0 saturated heterocycles. The van der Waals surface area contributed by atoms with Crippen LogP contribution in [0.1, 0.15) is 38.8 Å². The van der Waals surface area contributed by atoms with E-state index in [4.69, 9.17) is 11.6 Å². The van der Waals surface area contributed by atoms with Crippen molar-refractivity contribution in [2.45, 2.75) is 33.1 Å². The van der Waals surface area contributed by atoms with Crippen molar-refractivity contribution in [3.8, 4) is 0 Å². The fourth-order valence-electron chi connectivity index (χ4n) is 2.60. The van der Waals surface area contributed by atoms with Gasteiger partial charge in [-0.3, -0.25) is 0 Å². The Kier molecular flexibility index (Phi) is 4.99. The second-order valence-electron chi connectivity index (χ2n) is 5.30. The van der Waals surface area contributed by atoms with E-state index in [-0.39, 0.29) is 5.38 Å². The van der Waals surface area contributed by atoms with E-state index in [0.29, 0.717) is 0 Å². The summed E-state index contributed by atoms with van der Waals surface area (Å²) in [6, 6.07) is 8.59. The van der Waals surface area contributed by atoms with Gasteiger partial charge in [-0.2, -0.15) is 0 Å². The molecule has 0 bridgehead atoms. The molecule has 0 radical (unpaired) electrons. The number of hydrogen-bond acceptors (Lipinski definition) is 0. The lowest BCUT2D eigenvalue weighted by Gasteiger charge is -2.19. The Hall–Kier alpha value is -0.310. The number of alkyl halides is 1. The SMILES string of the molecule is Cc1cc(C)c(C(Cl)c2cc(Br)c(C)cc2Br)c(C)c1. The van der Waals surface area contributed by atoms with Gasteiger partial charge in [-0.1, -0.05) is 49.6 Å². The van der Waals surface area contributed by atoms with Crippen LogP contribution in [0.3, 0.4) is 0 Å². The smallest absolute Gasteiger partial charge is 0.0851 e. The summed E-state index contributed by atoms with van der Waals surface area (Å²) in [6.07, 6.45) is 0. The molecule has 2 aromatic rings. The maximum absolute atomic E-state index is 6.77. The van der Waals surface area contributed by atoms with Gasteiger partial charge in [0.25, 0.3) is 0 Å². The van der Waals surface area contributed by atoms with Crippen molar-refractivity contribution in [2.24, 2.45) is 0 Å². The average molecular weight is 417 g/mol. The van der Waals surface area contributed by atoms with Crippen LogP contribution < -0.4 is 0 Å². The highest BCUT2D eigenvalue weighted by Gasteiger charge is 2.19. The number of aryl methyl sites for hydroxylation is 4. The van der Waals surface area contributed by atoms with E-state index in [9.17, 15) is 0 Å². The van der Waals surface area contributed by atoms with Gasteiger partial charge in [0.05, 0.1) is 5.38 Å². The lowest BCUT2D eigenvalue weighted by Crippen LogP contribution is -2.02. The van der Waals surface area contributed by atoms with Crippen molar-refractivity contribution in [3.63, 3.8) is 0 Å². The van der Waals surface area contributed by atoms with Crippen molar-refractivity contribution < 1.29 is 0 Å². The van der Waals surface area contributed by atoms with Gasteiger partial charge in [0, 0.05) is 8.95 Å². The molecule has 1 unspecified atom stereocenters. The molecule has 0 heterocycles. The molecule has 2 aromatic carbocycles. The predicted molar refractivity (Wildman–Crippen MR) is 94.9 cm³/mol. The van der Waals surface area contributed by atoms with E-state index in [2.05, 4.69) is 83.8 Å². The molecule has 0 saturated carbocycles. The van der Waals surface area contributed by atoms with Gasteiger partial charge in [-0.25, -0.2) is 0 Å². The molecule has 0 aromatic heterocycles. The molecule has 0 N–H and O–H groups in total. The van der Waals surface area contributed by atoms with Gasteiger partial charge >= 0.3 is 0 Å². The molecule has 3 heteroatoms. The van der Waals surface area contributed by atoms with Gasteiger partial charge in [-0.15, -0.1) is 11.6 Å². The highest BCUT2D eigenvalue weighted by atomic mass is 79.9. The number of rotatable bonds is 2. The molecule has 0 aliphatic heterocycles. The van der Waals surface area contributed by atoms with Crippen LogP contribution in [-0.4, -0.2) is 0 Å². The summed E-state index contributed by atoms with van der Waals surface area (Å²) in [5, 5.41) is -0.151. The molecule has 2 rings (SSSR count). The first kappa shape index (κ1) is 16.1. The highest BCUT2D eigenvalue weighted by Crippen LogP contribution is 2.39. The zero-order chi connectivity index (χ0) is 15.0. The third kappa shape index (κ3) is 3.13. The number of benzene rings is 2. The third-order valence-corrected chi connectivity index (χ3v) is 5.54. The minimum absolute atomic E-state index is 0.151. The normalized spacial score (nSPS) is 12.6. The van der Waals surface area contributed by atoms with Crippen LogP contribution in [0.5, 0.6) is 0 Å². The number of halogens is 3. The van der Waals surface area contributed by atoms with E-state index in [1.54, 1.807) is 0 Å². The third-order valence-electron chi connectivity index (χ3n) is 3.54. The molecule has 0 nitrogen and oxygen atoms in total. The summed E-state index contributed by atoms with van der Waals surface area (Å²) in [7, 11) is 0. The lowest BCUT2D eigenvalue weighted by molar-refractivity contribution is 1.06. The summed E-state index contributed by atoms with van der Waals surface area (Å²) in [6.45, 7) is 8.44. The summed E-state index contributed by atoms with van der Waals surface area (Å²) >= 11 is 14.0. The molecular formula is C17H17Br2Cl. The van der Waals surface area contributed by atoms with Crippen molar-refractivity contribution in [3.05, 3.63) is 66.6 Å². The van der Waals surface area contributed by atoms with Crippen LogP contribution in [0.4, 0.5) is 0 Å². The van der Waals surface area contributed by atoms with Crippen LogP contribution in [-0.2, 0) is 0 Å². The Labute approximate surface area is 142 Å². The molecule has 106 valence electrons. The van der Waals surface area contributed by atoms with E-state index in [1.807, 2.05) is 0 Å². The summed E-state index contributed by atoms with van der Waals surface area (Å²) in [5.74, 6) is 0. The van der Waals surface area contributed by atoms with Crippen molar-refractivity contribution >= 4 is 43.5 Å². The van der Waals surface area contributed by atoms with E-state index in [0.717, 1.165) is 14.5 Å². The first-order valence-corrected chi connectivity index (χ1v) is 8.51. The Morgan fingerprint density at radius 3 is 1.90 bits per heavy atom. The first-order valence-electron chi connectivity index (χ1n) is 6.48. The molecule has 0 amide bonds. The summed E-state index contributed by atoms with van der Waals surface area (Å²) in [4.78, 5) is 0. The number of hydrogen-bond donors (Lipinski definition) is 0. The fraction of sp³-hybridized carbons (Fsp3) is 0.294. The fourth-order valence-corrected chi connectivity index (χ4v) is 4.31. The molecule has 0 spiro atoms. The van der Waals surface area contributed by atoms with Crippen LogP contribution in [0.15, 0.2) is 33.2 Å². The van der Waals surface area contributed by atoms with Crippen LogP contribution in [0.25, 0.3) is 0 Å². The maximum atomic E-state index is 6.77. The predicted octanol–water partition coefficient (Wildman–Crippen LogP) is 6.77. The van der Waals surface area contributed by atoms with Crippen molar-refractivity contribution in [1.29, 1.82) is 0 Å². The molecule has 0 fully saturated rings. The quantitative estimate of drug-likeness (QED) is 0.474. The zero-order valence-corrected chi connectivity index (χ0v) is 15.9. The second kappa shape index (κ2) is 6.21. The molecule has 1 atom stereocenters. The Balaban J connectivity index is 2.57. The summed E-state index contributed by atoms with van der Waals surface area (Å²) < 4.78 is 2.14. The average Bonchev–Trinajstić information content (AvgIpc) is 2.32. The first-order chi connectivity index (χ1) is 9.31.